The Morgan fingerprint density at radius 2 is 2.05 bits per heavy atom. The summed E-state index contributed by atoms with van der Waals surface area (Å²) in [6.45, 7) is 3.39. The molecule has 0 aromatic carbocycles. The van der Waals surface area contributed by atoms with E-state index >= 15 is 0 Å². The zero-order valence-electron chi connectivity index (χ0n) is 12.1. The van der Waals surface area contributed by atoms with E-state index < -0.39 is 11.4 Å². The van der Waals surface area contributed by atoms with Gasteiger partial charge in [0, 0.05) is 19.7 Å². The first-order valence-electron chi connectivity index (χ1n) is 7.62. The number of carboxylic acids is 1. The predicted octanol–water partition coefficient (Wildman–Crippen LogP) is 2.38. The van der Waals surface area contributed by atoms with Crippen LogP contribution >= 0.6 is 0 Å². The highest BCUT2D eigenvalue weighted by molar-refractivity contribution is 5.75. The van der Waals surface area contributed by atoms with Gasteiger partial charge in [0.1, 0.15) is 0 Å². The van der Waals surface area contributed by atoms with Crippen molar-refractivity contribution in [3.8, 4) is 0 Å². The summed E-state index contributed by atoms with van der Waals surface area (Å²) in [6, 6.07) is 0. The number of rotatable bonds is 5. The molecule has 2 fully saturated rings. The second-order valence-corrected chi connectivity index (χ2v) is 6.43. The molecule has 110 valence electrons. The third kappa shape index (κ3) is 3.93. The van der Waals surface area contributed by atoms with Gasteiger partial charge >= 0.3 is 5.97 Å². The Hall–Kier alpha value is -0.610. The maximum atomic E-state index is 11.7. The van der Waals surface area contributed by atoms with Crippen molar-refractivity contribution in [1.82, 2.24) is 4.90 Å². The third-order valence-electron chi connectivity index (χ3n) is 4.66. The van der Waals surface area contributed by atoms with Crippen molar-refractivity contribution in [1.29, 1.82) is 0 Å². The molecule has 1 N–H and O–H groups in total. The van der Waals surface area contributed by atoms with Crippen LogP contribution in [-0.2, 0) is 9.53 Å². The SMILES string of the molecule is CN(CC1CCCOC1)CC1(C(=O)O)CCCCC1. The topological polar surface area (TPSA) is 49.8 Å². The lowest BCUT2D eigenvalue weighted by atomic mass is 9.73. The minimum Gasteiger partial charge on any atom is -0.481 e. The van der Waals surface area contributed by atoms with E-state index in [9.17, 15) is 9.90 Å². The monoisotopic (exact) mass is 269 g/mol. The summed E-state index contributed by atoms with van der Waals surface area (Å²) in [7, 11) is 2.06. The molecule has 2 rings (SSSR count). The Morgan fingerprint density at radius 3 is 2.63 bits per heavy atom. The highest BCUT2D eigenvalue weighted by Gasteiger charge is 2.40. The van der Waals surface area contributed by atoms with Crippen LogP contribution in [0, 0.1) is 11.3 Å². The average Bonchev–Trinajstić information content (AvgIpc) is 2.40. The first-order chi connectivity index (χ1) is 9.12. The summed E-state index contributed by atoms with van der Waals surface area (Å²) in [5.41, 5.74) is -0.497. The standard InChI is InChI=1S/C15H27NO3/c1-16(10-13-6-5-9-19-11-13)12-15(14(17)18)7-3-2-4-8-15/h13H,2-12H2,1H3,(H,17,18). The summed E-state index contributed by atoms with van der Waals surface area (Å²) >= 11 is 0. The van der Waals surface area contributed by atoms with Crippen LogP contribution in [0.15, 0.2) is 0 Å². The second kappa shape index (κ2) is 6.71. The van der Waals surface area contributed by atoms with Gasteiger partial charge < -0.3 is 14.7 Å². The molecule has 1 unspecified atom stereocenters. The van der Waals surface area contributed by atoms with Crippen LogP contribution in [0.3, 0.4) is 0 Å². The zero-order valence-corrected chi connectivity index (χ0v) is 12.1. The maximum absolute atomic E-state index is 11.7. The van der Waals surface area contributed by atoms with E-state index in [1.54, 1.807) is 0 Å². The van der Waals surface area contributed by atoms with E-state index in [-0.39, 0.29) is 0 Å². The molecule has 1 aliphatic heterocycles. The normalized spacial score (nSPS) is 27.4. The van der Waals surface area contributed by atoms with Crippen LogP contribution in [0.25, 0.3) is 0 Å². The van der Waals surface area contributed by atoms with Gasteiger partial charge in [0.2, 0.25) is 0 Å². The molecule has 0 spiro atoms. The number of aliphatic carboxylic acids is 1. The van der Waals surface area contributed by atoms with E-state index in [1.807, 2.05) is 0 Å². The lowest BCUT2D eigenvalue weighted by Gasteiger charge is -2.37. The van der Waals surface area contributed by atoms with Crippen LogP contribution < -0.4 is 0 Å². The van der Waals surface area contributed by atoms with Gasteiger partial charge in [0.05, 0.1) is 12.0 Å². The molecule has 0 radical (unpaired) electrons. The van der Waals surface area contributed by atoms with Crippen LogP contribution in [0.2, 0.25) is 0 Å². The largest absolute Gasteiger partial charge is 0.481 e. The third-order valence-corrected chi connectivity index (χ3v) is 4.66. The van der Waals surface area contributed by atoms with E-state index in [4.69, 9.17) is 4.74 Å². The van der Waals surface area contributed by atoms with E-state index in [2.05, 4.69) is 11.9 Å². The molecular weight excluding hydrogens is 242 g/mol. The molecule has 0 aromatic heterocycles. The van der Waals surface area contributed by atoms with Crippen LogP contribution in [0.1, 0.15) is 44.9 Å². The number of carbonyl (C=O) groups is 1. The smallest absolute Gasteiger partial charge is 0.310 e. The van der Waals surface area contributed by atoms with Crippen LogP contribution in [-0.4, -0.2) is 49.3 Å². The number of carboxylic acid groups (broad SMARTS) is 1. The van der Waals surface area contributed by atoms with Crippen molar-refractivity contribution < 1.29 is 14.6 Å². The molecule has 0 amide bonds. The highest BCUT2D eigenvalue weighted by Crippen LogP contribution is 2.37. The summed E-state index contributed by atoms with van der Waals surface area (Å²) < 4.78 is 5.50. The Bertz CT molecular complexity index is 294. The molecular formula is C15H27NO3. The van der Waals surface area contributed by atoms with Crippen molar-refractivity contribution in [3.05, 3.63) is 0 Å². The summed E-state index contributed by atoms with van der Waals surface area (Å²) in [4.78, 5) is 13.9. The van der Waals surface area contributed by atoms with Gasteiger partial charge in [-0.3, -0.25) is 4.79 Å². The van der Waals surface area contributed by atoms with Crippen molar-refractivity contribution in [2.45, 2.75) is 44.9 Å². The van der Waals surface area contributed by atoms with Gasteiger partial charge in [-0.1, -0.05) is 19.3 Å². The lowest BCUT2D eigenvalue weighted by Crippen LogP contribution is -2.45. The second-order valence-electron chi connectivity index (χ2n) is 6.43. The van der Waals surface area contributed by atoms with Crippen molar-refractivity contribution in [2.75, 3.05) is 33.4 Å². The first kappa shape index (κ1) is 14.8. The number of ether oxygens (including phenoxy) is 1. The number of nitrogens with zero attached hydrogens (tertiary/aromatic N) is 1. The molecule has 0 bridgehead atoms. The molecule has 1 saturated heterocycles. The van der Waals surface area contributed by atoms with Gasteiger partial charge in [-0.15, -0.1) is 0 Å². The average molecular weight is 269 g/mol. The number of hydrogen-bond acceptors (Lipinski definition) is 3. The van der Waals surface area contributed by atoms with Crippen molar-refractivity contribution in [2.24, 2.45) is 11.3 Å². The highest BCUT2D eigenvalue weighted by atomic mass is 16.5. The molecule has 1 saturated carbocycles. The number of hydrogen-bond donors (Lipinski definition) is 1. The fourth-order valence-electron chi connectivity index (χ4n) is 3.64. The van der Waals surface area contributed by atoms with E-state index in [0.717, 1.165) is 51.9 Å². The Kier molecular flexibility index (Phi) is 5.22. The molecule has 4 heteroatoms. The van der Waals surface area contributed by atoms with Crippen molar-refractivity contribution in [3.63, 3.8) is 0 Å². The van der Waals surface area contributed by atoms with Crippen LogP contribution in [0.5, 0.6) is 0 Å². The molecule has 1 aliphatic carbocycles. The molecule has 0 aromatic rings. The molecule has 4 nitrogen and oxygen atoms in total. The summed E-state index contributed by atoms with van der Waals surface area (Å²) in [5, 5.41) is 9.59. The minimum absolute atomic E-state index is 0.497. The Morgan fingerprint density at radius 1 is 1.32 bits per heavy atom. The van der Waals surface area contributed by atoms with Gasteiger partial charge in [-0.25, -0.2) is 0 Å². The van der Waals surface area contributed by atoms with Crippen LogP contribution in [0.4, 0.5) is 0 Å². The van der Waals surface area contributed by atoms with Gasteiger partial charge in [0.15, 0.2) is 0 Å². The summed E-state index contributed by atoms with van der Waals surface area (Å²) in [5.74, 6) is -0.0212. The van der Waals surface area contributed by atoms with Crippen molar-refractivity contribution >= 4 is 5.97 Å². The first-order valence-corrected chi connectivity index (χ1v) is 7.62. The minimum atomic E-state index is -0.598. The fraction of sp³-hybridized carbons (Fsp3) is 0.933. The molecule has 19 heavy (non-hydrogen) atoms. The Labute approximate surface area is 116 Å². The van der Waals surface area contributed by atoms with E-state index in [1.165, 1.54) is 12.8 Å². The van der Waals surface area contributed by atoms with Gasteiger partial charge in [0.25, 0.3) is 0 Å². The quantitative estimate of drug-likeness (QED) is 0.832. The zero-order chi connectivity index (χ0) is 13.7. The van der Waals surface area contributed by atoms with E-state index in [0.29, 0.717) is 12.5 Å². The molecule has 1 atom stereocenters. The fourth-order valence-corrected chi connectivity index (χ4v) is 3.64. The molecule has 1 heterocycles. The van der Waals surface area contributed by atoms with Gasteiger partial charge in [-0.2, -0.15) is 0 Å². The lowest BCUT2D eigenvalue weighted by molar-refractivity contribution is -0.152. The molecule has 2 aliphatic rings. The Balaban J connectivity index is 1.87. The maximum Gasteiger partial charge on any atom is 0.310 e. The van der Waals surface area contributed by atoms with Gasteiger partial charge in [-0.05, 0) is 38.6 Å². The predicted molar refractivity (Wildman–Crippen MR) is 74.2 cm³/mol. The summed E-state index contributed by atoms with van der Waals surface area (Å²) in [6.07, 6.45) is 7.35.